The van der Waals surface area contributed by atoms with E-state index >= 15 is 0 Å². The Morgan fingerprint density at radius 3 is 0.931 bits per heavy atom. The van der Waals surface area contributed by atoms with Gasteiger partial charge in [-0.1, -0.05) is 117 Å². The van der Waals surface area contributed by atoms with Crippen LogP contribution in [0.15, 0.2) is 24.3 Å². The largest absolute Gasteiger partial charge is 0.460 e. The van der Waals surface area contributed by atoms with Crippen molar-refractivity contribution in [3.63, 3.8) is 0 Å². The summed E-state index contributed by atoms with van der Waals surface area (Å²) in [6, 6.07) is 6.26. The number of quaternary nitrogens is 2. The summed E-state index contributed by atoms with van der Waals surface area (Å²) in [5.74, 6) is -0.927. The van der Waals surface area contributed by atoms with Gasteiger partial charge in [-0.2, -0.15) is 0 Å². The lowest BCUT2D eigenvalue weighted by Crippen LogP contribution is -2.43. The first-order chi connectivity index (χ1) is 28.1. The molecule has 10 heteroatoms. The molecule has 0 aliphatic heterocycles. The highest BCUT2D eigenvalue weighted by Gasteiger charge is 2.16. The Morgan fingerprint density at radius 1 is 0.362 bits per heavy atom. The molecule has 0 saturated carbocycles. The predicted octanol–water partition coefficient (Wildman–Crippen LogP) is 10.1. The van der Waals surface area contributed by atoms with E-state index in [0.29, 0.717) is 64.0 Å². The third kappa shape index (κ3) is 32.7. The van der Waals surface area contributed by atoms with E-state index in [1.54, 1.807) is 24.3 Å². The maximum Gasteiger partial charge on any atom is 0.338 e. The molecule has 0 aromatic heterocycles. The molecule has 0 atom stereocenters. The molecule has 10 nitrogen and oxygen atoms in total. The molecule has 0 unspecified atom stereocenters. The lowest BCUT2D eigenvalue weighted by molar-refractivity contribution is -0.891. The van der Waals surface area contributed by atoms with Gasteiger partial charge in [0.2, 0.25) is 0 Å². The van der Waals surface area contributed by atoms with Crippen LogP contribution >= 0.6 is 0 Å². The molecule has 338 valence electrons. The minimum Gasteiger partial charge on any atom is -0.460 e. The number of benzene rings is 1. The van der Waals surface area contributed by atoms with Gasteiger partial charge in [0, 0.05) is 0 Å². The lowest BCUT2D eigenvalue weighted by atomic mass is 10.1. The Balaban J connectivity index is 1.99. The van der Waals surface area contributed by atoms with Gasteiger partial charge in [-0.25, -0.2) is 9.59 Å². The van der Waals surface area contributed by atoms with Gasteiger partial charge >= 0.3 is 11.9 Å². The summed E-state index contributed by atoms with van der Waals surface area (Å²) in [6.45, 7) is 13.1. The number of unbranched alkanes of at least 4 members (excludes halogenated alkanes) is 18. The molecule has 1 aromatic rings. The number of carbonyl (C=O) groups excluding carboxylic acids is 2. The number of carbonyl (C=O) groups is 2. The first-order valence-corrected chi connectivity index (χ1v) is 23.5. The molecular weight excluding hydrogens is 733 g/mol. The number of ether oxygens (including phenoxy) is 6. The Bertz CT molecular complexity index is 1010. The fourth-order valence-electron chi connectivity index (χ4n) is 6.84. The van der Waals surface area contributed by atoms with Crippen molar-refractivity contribution in [3.8, 4) is 0 Å². The summed E-state index contributed by atoms with van der Waals surface area (Å²) in [7, 11) is 9.10. The number of likely N-dealkylation sites (N-methyl/N-ethyl adjacent to an activating group) is 2. The van der Waals surface area contributed by atoms with Crippen molar-refractivity contribution in [1.29, 1.82) is 0 Å². The number of nitrogens with zero attached hydrogens (tertiary/aromatic N) is 2. The molecule has 1 aromatic carbocycles. The van der Waals surface area contributed by atoms with E-state index in [2.05, 4.69) is 42.0 Å². The Hall–Kier alpha value is -2.08. The van der Waals surface area contributed by atoms with Crippen molar-refractivity contribution in [2.75, 3.05) is 120 Å². The second-order valence-electron chi connectivity index (χ2n) is 17.4. The van der Waals surface area contributed by atoms with Crippen LogP contribution in [0, 0.1) is 0 Å². The van der Waals surface area contributed by atoms with E-state index in [1.165, 1.54) is 142 Å². The summed E-state index contributed by atoms with van der Waals surface area (Å²) in [6.07, 6.45) is 27.2. The van der Waals surface area contributed by atoms with E-state index < -0.39 is 11.9 Å². The fraction of sp³-hybridized carbons (Fsp3) is 0.833. The van der Waals surface area contributed by atoms with Crippen LogP contribution in [-0.4, -0.2) is 141 Å². The summed E-state index contributed by atoms with van der Waals surface area (Å²) in [4.78, 5) is 24.9. The molecule has 0 radical (unpaired) electrons. The van der Waals surface area contributed by atoms with E-state index in [-0.39, 0.29) is 13.2 Å². The topological polar surface area (TPSA) is 89.5 Å². The van der Waals surface area contributed by atoms with Gasteiger partial charge in [-0.3, -0.25) is 0 Å². The molecule has 0 fully saturated rings. The van der Waals surface area contributed by atoms with Gasteiger partial charge in [0.05, 0.1) is 105 Å². The van der Waals surface area contributed by atoms with Crippen LogP contribution in [0.2, 0.25) is 0 Å². The number of hydrogen-bond donors (Lipinski definition) is 0. The smallest absolute Gasteiger partial charge is 0.338 e. The van der Waals surface area contributed by atoms with Gasteiger partial charge in [0.15, 0.2) is 0 Å². The van der Waals surface area contributed by atoms with Crippen molar-refractivity contribution in [3.05, 3.63) is 35.4 Å². The van der Waals surface area contributed by atoms with Crippen molar-refractivity contribution in [2.24, 2.45) is 0 Å². The number of rotatable bonds is 42. The third-order valence-corrected chi connectivity index (χ3v) is 10.9. The van der Waals surface area contributed by atoms with Crippen LogP contribution in [0.5, 0.6) is 0 Å². The van der Waals surface area contributed by atoms with Crippen LogP contribution in [0.3, 0.4) is 0 Å². The highest BCUT2D eigenvalue weighted by molar-refractivity contribution is 5.93. The summed E-state index contributed by atoms with van der Waals surface area (Å²) in [5.41, 5.74) is 0.727. The third-order valence-electron chi connectivity index (χ3n) is 10.9. The van der Waals surface area contributed by atoms with E-state index in [1.807, 2.05) is 0 Å². The van der Waals surface area contributed by atoms with Gasteiger partial charge in [-0.15, -0.1) is 0 Å². The molecule has 0 spiro atoms. The second-order valence-corrected chi connectivity index (χ2v) is 17.4. The van der Waals surface area contributed by atoms with Crippen LogP contribution in [0.1, 0.15) is 163 Å². The monoisotopic (exact) mass is 823 g/mol. The summed E-state index contributed by atoms with van der Waals surface area (Å²) in [5, 5.41) is 0. The molecule has 1 rings (SSSR count). The zero-order valence-electron chi connectivity index (χ0n) is 38.5. The summed E-state index contributed by atoms with van der Waals surface area (Å²) < 4.78 is 35.3. The van der Waals surface area contributed by atoms with Gasteiger partial charge < -0.3 is 37.4 Å². The summed E-state index contributed by atoms with van der Waals surface area (Å²) >= 11 is 0. The van der Waals surface area contributed by atoms with Crippen molar-refractivity contribution in [1.82, 2.24) is 0 Å². The molecular formula is C48H90N2O8+2. The van der Waals surface area contributed by atoms with E-state index in [4.69, 9.17) is 28.4 Å². The van der Waals surface area contributed by atoms with Gasteiger partial charge in [0.25, 0.3) is 0 Å². The second kappa shape index (κ2) is 36.7. The first-order valence-electron chi connectivity index (χ1n) is 23.5. The first kappa shape index (κ1) is 53.9. The number of hydrogen-bond acceptors (Lipinski definition) is 8. The van der Waals surface area contributed by atoms with Crippen LogP contribution < -0.4 is 0 Å². The Kier molecular flexibility index (Phi) is 34.2. The van der Waals surface area contributed by atoms with Crippen LogP contribution in [0.25, 0.3) is 0 Å². The molecule has 0 amide bonds. The Morgan fingerprint density at radius 2 is 0.621 bits per heavy atom. The maximum absolute atomic E-state index is 12.4. The van der Waals surface area contributed by atoms with Gasteiger partial charge in [0.1, 0.15) is 26.3 Å². The molecule has 0 aliphatic rings. The molecule has 0 N–H and O–H groups in total. The minimum atomic E-state index is -0.464. The van der Waals surface area contributed by atoms with Crippen LogP contribution in [0.4, 0.5) is 0 Å². The highest BCUT2D eigenvalue weighted by Crippen LogP contribution is 2.14. The van der Waals surface area contributed by atoms with Crippen LogP contribution in [-0.2, 0) is 28.4 Å². The molecule has 0 aliphatic carbocycles. The van der Waals surface area contributed by atoms with Gasteiger partial charge in [-0.05, 0) is 49.9 Å². The average molecular weight is 823 g/mol. The fourth-order valence-corrected chi connectivity index (χ4v) is 6.84. The standard InChI is InChI=1S/C48H90N2O8/c1-7-9-11-13-15-17-19-21-23-25-31-49(3,4)33-35-53-37-39-55-41-43-57-47(51)45-27-29-46(30-28-45)48(52)58-44-42-56-40-38-54-36-34-50(5,6)32-26-24-22-20-18-16-14-12-10-8-2/h27-30H,7-26,31-44H2,1-6H3/q+2. The van der Waals surface area contributed by atoms with Crippen molar-refractivity contribution < 1.29 is 47.0 Å². The number of esters is 2. The quantitative estimate of drug-likeness (QED) is 0.0366. The highest BCUT2D eigenvalue weighted by atomic mass is 16.6. The normalized spacial score (nSPS) is 12.0. The van der Waals surface area contributed by atoms with E-state index in [0.717, 1.165) is 22.1 Å². The minimum absolute atomic E-state index is 0.146. The average Bonchev–Trinajstić information content (AvgIpc) is 3.20. The molecule has 0 heterocycles. The zero-order valence-corrected chi connectivity index (χ0v) is 38.5. The molecule has 0 saturated heterocycles. The van der Waals surface area contributed by atoms with Crippen molar-refractivity contribution in [2.45, 2.75) is 142 Å². The SMILES string of the molecule is CCCCCCCCCCCC[N+](C)(C)CCOCCOCCOC(=O)c1ccc(C(=O)OCCOCCOCC[N+](C)(C)CCCCCCCCCCCC)cc1. The predicted molar refractivity (Wildman–Crippen MR) is 238 cm³/mol. The molecule has 0 bridgehead atoms. The maximum atomic E-state index is 12.4. The lowest BCUT2D eigenvalue weighted by Gasteiger charge is -2.29. The van der Waals surface area contributed by atoms with Crippen molar-refractivity contribution >= 4 is 11.9 Å². The van der Waals surface area contributed by atoms with E-state index in [9.17, 15) is 9.59 Å². The zero-order chi connectivity index (χ0) is 42.4. The molecule has 58 heavy (non-hydrogen) atoms. The Labute approximate surface area is 356 Å².